The van der Waals surface area contributed by atoms with Gasteiger partial charge in [-0.2, -0.15) is 23.5 Å². The number of ether oxygens (including phenoxy) is 2. The maximum Gasteiger partial charge on any atom is 0.407 e. The second kappa shape index (κ2) is 21.3. The van der Waals surface area contributed by atoms with Crippen molar-refractivity contribution < 1.29 is 28.7 Å². The molecule has 2 saturated heterocycles. The smallest absolute Gasteiger partial charge is 0.407 e. The molecule has 14 nitrogen and oxygen atoms in total. The van der Waals surface area contributed by atoms with E-state index in [-0.39, 0.29) is 29.8 Å². The monoisotopic (exact) mass is 970 g/mol. The molecule has 69 heavy (non-hydrogen) atoms. The van der Waals surface area contributed by atoms with Gasteiger partial charge in [0.25, 0.3) is 0 Å². The number of methoxy groups -OCH3 is 2. The first-order valence-corrected chi connectivity index (χ1v) is 26.9. The standard InChI is InChI=1S/C53H62N8O6S2/c1-31-26-35-13-11-32(27-38(35)36-16-18-40-44(29-36)56-48(54-40)46-8-6-22-60(46)50(62)42(20-24-68-4)58-52(64)66-2)10-12-33-14-15-34(31)28-39(33)37-17-19-41-45(30-37)57-49(55-41)47-9-7-23-61(47)51(63)43(21-25-69-5)59-53(65)67-3/h11,13-19,27-31,42-43,46-47H,6-10,12,20-26H2,1-5H3,(H,54,56)(H,55,57)(H,58,64)(H,59,65)/t31-,42+,43+,46+,47+/m1/s1. The topological polar surface area (TPSA) is 175 Å². The summed E-state index contributed by atoms with van der Waals surface area (Å²) < 4.78 is 9.70. The minimum absolute atomic E-state index is 0.109. The number of aryl methyl sites for hydroxylation is 2. The van der Waals surface area contributed by atoms with E-state index in [2.05, 4.69) is 100 Å². The van der Waals surface area contributed by atoms with E-state index in [1.165, 1.54) is 47.6 Å². The van der Waals surface area contributed by atoms with Crippen molar-refractivity contribution in [1.29, 1.82) is 0 Å². The number of rotatable bonds is 14. The Hall–Kier alpha value is -6.00. The first-order chi connectivity index (χ1) is 33.5. The van der Waals surface area contributed by atoms with Crippen LogP contribution in [0, 0.1) is 0 Å². The molecule has 4 aromatic carbocycles. The number of likely N-dealkylation sites (tertiary alicyclic amines) is 2. The summed E-state index contributed by atoms with van der Waals surface area (Å²) in [5.41, 5.74) is 13.3. The highest BCUT2D eigenvalue weighted by Crippen LogP contribution is 2.39. The van der Waals surface area contributed by atoms with E-state index < -0.39 is 24.3 Å². The van der Waals surface area contributed by atoms with Crippen LogP contribution in [0.5, 0.6) is 0 Å². The average molecular weight is 971 g/mol. The van der Waals surface area contributed by atoms with Crippen molar-refractivity contribution in [2.24, 2.45) is 0 Å². The lowest BCUT2D eigenvalue weighted by Crippen LogP contribution is -2.48. The molecule has 4 N–H and O–H groups in total. The Kier molecular flexibility index (Phi) is 14.9. The second-order valence-corrected chi connectivity index (χ2v) is 20.5. The number of carbonyl (C=O) groups excluding carboxylic acids is 4. The van der Waals surface area contributed by atoms with Gasteiger partial charge in [-0.1, -0.05) is 55.5 Å². The fourth-order valence-electron chi connectivity index (χ4n) is 10.5. The van der Waals surface area contributed by atoms with Crippen LogP contribution in [-0.2, 0) is 38.3 Å². The molecule has 6 aromatic rings. The summed E-state index contributed by atoms with van der Waals surface area (Å²) in [6.07, 6.45) is 9.66. The zero-order valence-corrected chi connectivity index (χ0v) is 41.7. The fraction of sp³-hybridized carbons (Fsp3) is 0.434. The largest absolute Gasteiger partial charge is 0.453 e. The van der Waals surface area contributed by atoms with Crippen LogP contribution in [0.3, 0.4) is 0 Å². The lowest BCUT2D eigenvalue weighted by Gasteiger charge is -2.28. The van der Waals surface area contributed by atoms with E-state index >= 15 is 0 Å². The van der Waals surface area contributed by atoms with Crippen molar-refractivity contribution in [2.75, 3.05) is 51.3 Å². The van der Waals surface area contributed by atoms with Crippen LogP contribution in [0.2, 0.25) is 0 Å². The van der Waals surface area contributed by atoms with Gasteiger partial charge in [0, 0.05) is 13.1 Å². The van der Waals surface area contributed by atoms with Crippen LogP contribution in [0.25, 0.3) is 44.3 Å². The molecule has 4 amide bonds. The molecule has 6 aliphatic rings. The molecule has 5 atom stereocenters. The number of aromatic amines is 2. The van der Waals surface area contributed by atoms with Crippen LogP contribution in [0.15, 0.2) is 72.8 Å². The Morgan fingerprint density at radius 3 is 1.72 bits per heavy atom. The summed E-state index contributed by atoms with van der Waals surface area (Å²) in [4.78, 5) is 73.2. The number of amides is 4. The molecule has 0 radical (unpaired) electrons. The molecule has 12 rings (SSSR count). The van der Waals surface area contributed by atoms with Gasteiger partial charge in [0.2, 0.25) is 11.8 Å². The predicted molar refractivity (Wildman–Crippen MR) is 275 cm³/mol. The van der Waals surface area contributed by atoms with Crippen LogP contribution < -0.4 is 10.6 Å². The maximum atomic E-state index is 13.9. The molecular weight excluding hydrogens is 909 g/mol. The first kappa shape index (κ1) is 48.0. The Morgan fingerprint density at radius 1 is 0.681 bits per heavy atom. The van der Waals surface area contributed by atoms with Gasteiger partial charge in [-0.15, -0.1) is 0 Å². The van der Waals surface area contributed by atoms with Crippen molar-refractivity contribution in [3.05, 3.63) is 107 Å². The van der Waals surface area contributed by atoms with Crippen molar-refractivity contribution in [2.45, 2.75) is 94.8 Å². The van der Waals surface area contributed by atoms with Gasteiger partial charge in [-0.05, 0) is 156 Å². The van der Waals surface area contributed by atoms with Crippen LogP contribution in [0.4, 0.5) is 9.59 Å². The SMILES string of the molecule is COC(=O)N[C@@H](CCSC)C(=O)N1CCC[C@H]1c1nc2cc(-c3cc4ccc3CCc3ccc(c(-c5ccc6[nH]c([C@@H]7CCCN7C(=O)[C@H](CCSC)NC(=O)OC)nc6c5)c3)C[C@H]4C)ccc2[nH]1. The number of nitrogens with zero attached hydrogens (tertiary/aromatic N) is 4. The van der Waals surface area contributed by atoms with Gasteiger partial charge in [0.1, 0.15) is 23.7 Å². The summed E-state index contributed by atoms with van der Waals surface area (Å²) >= 11 is 3.27. The Labute approximate surface area is 411 Å². The molecule has 0 spiro atoms. The summed E-state index contributed by atoms with van der Waals surface area (Å²) in [5.74, 6) is 3.00. The molecule has 16 heteroatoms. The molecule has 0 saturated carbocycles. The number of H-pyrrole nitrogens is 2. The predicted octanol–water partition coefficient (Wildman–Crippen LogP) is 9.50. The minimum atomic E-state index is -0.664. The van der Waals surface area contributed by atoms with E-state index in [1.807, 2.05) is 22.3 Å². The summed E-state index contributed by atoms with van der Waals surface area (Å²) in [5, 5.41) is 5.53. The molecule has 4 aliphatic carbocycles. The third-order valence-electron chi connectivity index (χ3n) is 14.2. The van der Waals surface area contributed by atoms with Gasteiger partial charge in [-0.3, -0.25) is 9.59 Å². The third-order valence-corrected chi connectivity index (χ3v) is 15.5. The third kappa shape index (κ3) is 10.3. The number of benzene rings is 4. The number of carbonyl (C=O) groups is 4. The molecule has 4 bridgehead atoms. The molecule has 4 heterocycles. The van der Waals surface area contributed by atoms with E-state index in [0.29, 0.717) is 25.9 Å². The van der Waals surface area contributed by atoms with Crippen molar-refractivity contribution in [1.82, 2.24) is 40.4 Å². The number of nitrogens with one attached hydrogen (secondary N) is 4. The van der Waals surface area contributed by atoms with Gasteiger partial charge in [0.05, 0.1) is 48.4 Å². The Balaban J connectivity index is 0.947. The molecule has 2 fully saturated rings. The van der Waals surface area contributed by atoms with Gasteiger partial charge >= 0.3 is 12.2 Å². The molecule has 0 unspecified atom stereocenters. The zero-order chi connectivity index (χ0) is 48.2. The number of imidazole rings is 2. The van der Waals surface area contributed by atoms with Gasteiger partial charge in [0.15, 0.2) is 0 Å². The quantitative estimate of drug-likeness (QED) is 0.0823. The zero-order valence-electron chi connectivity index (χ0n) is 40.1. The molecule has 2 aromatic heterocycles. The van der Waals surface area contributed by atoms with Crippen molar-refractivity contribution in [3.63, 3.8) is 0 Å². The minimum Gasteiger partial charge on any atom is -0.453 e. The maximum absolute atomic E-state index is 13.9. The number of alkyl carbamates (subject to hydrolysis) is 2. The Bertz CT molecular complexity index is 2860. The highest BCUT2D eigenvalue weighted by molar-refractivity contribution is 7.98. The summed E-state index contributed by atoms with van der Waals surface area (Å²) in [7, 11) is 2.63. The lowest BCUT2D eigenvalue weighted by atomic mass is 9.84. The second-order valence-electron chi connectivity index (χ2n) is 18.5. The van der Waals surface area contributed by atoms with Crippen molar-refractivity contribution >= 4 is 69.6 Å². The average Bonchev–Trinajstić information content (AvgIpc) is 4.21. The van der Waals surface area contributed by atoms with E-state index in [0.717, 1.165) is 101 Å². The number of fused-ring (bicyclic) bond motifs is 2. The number of hydrogen-bond donors (Lipinski definition) is 4. The first-order valence-electron chi connectivity index (χ1n) is 24.1. The number of hydrogen-bond acceptors (Lipinski definition) is 10. The summed E-state index contributed by atoms with van der Waals surface area (Å²) in [6.45, 7) is 3.51. The molecule has 362 valence electrons. The highest BCUT2D eigenvalue weighted by Gasteiger charge is 2.38. The number of aromatic nitrogens is 4. The highest BCUT2D eigenvalue weighted by atomic mass is 32.2. The lowest BCUT2D eigenvalue weighted by molar-refractivity contribution is -0.135. The van der Waals surface area contributed by atoms with E-state index in [4.69, 9.17) is 19.4 Å². The Morgan fingerprint density at radius 2 is 1.20 bits per heavy atom. The van der Waals surface area contributed by atoms with Crippen LogP contribution >= 0.6 is 23.5 Å². The van der Waals surface area contributed by atoms with Gasteiger partial charge < -0.3 is 39.9 Å². The van der Waals surface area contributed by atoms with Crippen molar-refractivity contribution in [3.8, 4) is 22.3 Å². The molecular formula is C53H62N8O6S2. The summed E-state index contributed by atoms with van der Waals surface area (Å²) in [6, 6.07) is 25.1. The van der Waals surface area contributed by atoms with E-state index in [1.54, 1.807) is 23.5 Å². The number of thioether (sulfide) groups is 2. The van der Waals surface area contributed by atoms with Crippen LogP contribution in [0.1, 0.15) is 97.4 Å². The fourth-order valence-corrected chi connectivity index (χ4v) is 11.4. The van der Waals surface area contributed by atoms with Crippen LogP contribution in [-0.4, -0.2) is 117 Å². The normalized spacial score (nSPS) is 18.8. The van der Waals surface area contributed by atoms with E-state index in [9.17, 15) is 19.2 Å². The van der Waals surface area contributed by atoms with Gasteiger partial charge in [-0.25, -0.2) is 19.6 Å². The molecule has 2 aliphatic heterocycles.